The van der Waals surface area contributed by atoms with Crippen LogP contribution >= 0.6 is 0 Å². The highest BCUT2D eigenvalue weighted by atomic mass is 15.3. The molecule has 35 heavy (non-hydrogen) atoms. The van der Waals surface area contributed by atoms with Crippen molar-refractivity contribution in [1.82, 2.24) is 30.7 Å². The first-order valence-corrected chi connectivity index (χ1v) is 12.1. The maximum absolute atomic E-state index is 5.02. The summed E-state index contributed by atoms with van der Waals surface area (Å²) in [7, 11) is 0. The molecular weight excluding hydrogens is 436 g/mol. The van der Waals surface area contributed by atoms with Crippen molar-refractivity contribution in [2.24, 2.45) is 0 Å². The van der Waals surface area contributed by atoms with E-state index >= 15 is 0 Å². The molecule has 2 aromatic carbocycles. The van der Waals surface area contributed by atoms with E-state index in [0.29, 0.717) is 24.1 Å². The van der Waals surface area contributed by atoms with Crippen molar-refractivity contribution in [1.29, 1.82) is 0 Å². The van der Waals surface area contributed by atoms with Crippen LogP contribution in [0.3, 0.4) is 0 Å². The second kappa shape index (κ2) is 9.68. The van der Waals surface area contributed by atoms with E-state index in [1.165, 1.54) is 5.56 Å². The number of aromatic amines is 1. The Morgan fingerprint density at radius 3 is 2.71 bits per heavy atom. The number of fused-ring (bicyclic) bond motifs is 1. The summed E-state index contributed by atoms with van der Waals surface area (Å²) in [5, 5.41) is 24.9. The quantitative estimate of drug-likeness (QED) is 0.396. The SMILES string of the molecule is C1=CCC(c2[nH]nc3ccc(-c4nnc(NCc5ccccc5)c(N5CCNCC5)n4)cc23)C=C1. The number of hydrogen-bond donors (Lipinski definition) is 3. The van der Waals surface area contributed by atoms with Crippen molar-refractivity contribution in [2.45, 2.75) is 18.9 Å². The molecule has 1 atom stereocenters. The first-order chi connectivity index (χ1) is 17.3. The summed E-state index contributed by atoms with van der Waals surface area (Å²) < 4.78 is 0. The molecule has 6 rings (SSSR count). The summed E-state index contributed by atoms with van der Waals surface area (Å²) in [6.45, 7) is 4.27. The first kappa shape index (κ1) is 21.5. The predicted molar refractivity (Wildman–Crippen MR) is 139 cm³/mol. The number of piperazine rings is 1. The smallest absolute Gasteiger partial charge is 0.192 e. The maximum atomic E-state index is 5.02. The normalized spacial score (nSPS) is 17.7. The second-order valence-electron chi connectivity index (χ2n) is 8.91. The molecule has 1 aliphatic carbocycles. The zero-order valence-electron chi connectivity index (χ0n) is 19.5. The molecule has 0 radical (unpaired) electrons. The van der Waals surface area contributed by atoms with Crippen LogP contribution in [0.5, 0.6) is 0 Å². The number of hydrogen-bond acceptors (Lipinski definition) is 7. The van der Waals surface area contributed by atoms with Crippen LogP contribution in [0.15, 0.2) is 72.8 Å². The van der Waals surface area contributed by atoms with Crippen molar-refractivity contribution >= 4 is 22.5 Å². The molecule has 0 bridgehead atoms. The largest absolute Gasteiger partial charge is 0.361 e. The third-order valence-corrected chi connectivity index (χ3v) is 6.58. The molecule has 1 saturated heterocycles. The summed E-state index contributed by atoms with van der Waals surface area (Å²) in [6, 6.07) is 16.5. The van der Waals surface area contributed by atoms with Crippen molar-refractivity contribution in [3.8, 4) is 11.4 Å². The van der Waals surface area contributed by atoms with E-state index in [9.17, 15) is 0 Å². The van der Waals surface area contributed by atoms with E-state index in [1.54, 1.807) is 0 Å². The molecular formula is C27H28N8. The van der Waals surface area contributed by atoms with Crippen LogP contribution in [0.1, 0.15) is 23.6 Å². The van der Waals surface area contributed by atoms with Crippen molar-refractivity contribution in [3.05, 3.63) is 84.1 Å². The zero-order valence-corrected chi connectivity index (χ0v) is 19.5. The van der Waals surface area contributed by atoms with Crippen molar-refractivity contribution < 1.29 is 0 Å². The van der Waals surface area contributed by atoms with Gasteiger partial charge < -0.3 is 15.5 Å². The molecule has 1 fully saturated rings. The third kappa shape index (κ3) is 4.52. The number of aromatic nitrogens is 5. The Balaban J connectivity index is 1.34. The van der Waals surface area contributed by atoms with Crippen LogP contribution in [-0.2, 0) is 6.54 Å². The number of rotatable bonds is 6. The molecule has 3 N–H and O–H groups in total. The van der Waals surface area contributed by atoms with Crippen LogP contribution in [0, 0.1) is 0 Å². The Hall–Kier alpha value is -4.04. The van der Waals surface area contributed by atoms with Crippen molar-refractivity contribution in [2.75, 3.05) is 36.4 Å². The Kier molecular flexibility index (Phi) is 5.94. The molecule has 4 aromatic rings. The maximum Gasteiger partial charge on any atom is 0.192 e. The van der Waals surface area contributed by atoms with Gasteiger partial charge in [-0.3, -0.25) is 5.10 Å². The summed E-state index contributed by atoms with van der Waals surface area (Å²) in [5.41, 5.74) is 4.20. The summed E-state index contributed by atoms with van der Waals surface area (Å²) in [6.07, 6.45) is 9.55. The van der Waals surface area contributed by atoms with Gasteiger partial charge in [0.25, 0.3) is 0 Å². The molecule has 3 heterocycles. The van der Waals surface area contributed by atoms with Gasteiger partial charge in [-0.2, -0.15) is 5.10 Å². The standard InChI is InChI=1S/C27H28N8/c1-3-7-19(8-4-1)18-29-26-27(35-15-13-28-14-16-35)30-25(33-34-26)21-11-12-23-22(17-21)24(32-31-23)20-9-5-2-6-10-20/h1-9,11-12,17,20,28H,10,13-16,18H2,(H,29,34)(H,31,32). The van der Waals surface area contributed by atoms with Crippen LogP contribution in [0.4, 0.5) is 11.6 Å². The van der Waals surface area contributed by atoms with E-state index in [1.807, 2.05) is 30.3 Å². The minimum atomic E-state index is 0.292. The van der Waals surface area contributed by atoms with Crippen LogP contribution in [0.25, 0.3) is 22.3 Å². The van der Waals surface area contributed by atoms with Gasteiger partial charge in [-0.25, -0.2) is 4.98 Å². The minimum Gasteiger partial charge on any atom is -0.361 e. The molecule has 0 spiro atoms. The molecule has 2 aromatic heterocycles. The fourth-order valence-electron chi connectivity index (χ4n) is 4.68. The highest BCUT2D eigenvalue weighted by Crippen LogP contribution is 2.32. The predicted octanol–water partition coefficient (Wildman–Crippen LogP) is 4.04. The molecule has 0 saturated carbocycles. The van der Waals surface area contributed by atoms with Crippen LogP contribution < -0.4 is 15.5 Å². The number of nitrogens with zero attached hydrogens (tertiary/aromatic N) is 5. The van der Waals surface area contributed by atoms with Gasteiger partial charge in [0.15, 0.2) is 17.5 Å². The molecule has 8 heteroatoms. The molecule has 176 valence electrons. The lowest BCUT2D eigenvalue weighted by Gasteiger charge is -2.29. The van der Waals surface area contributed by atoms with E-state index < -0.39 is 0 Å². The average Bonchev–Trinajstić information content (AvgIpc) is 3.37. The first-order valence-electron chi connectivity index (χ1n) is 12.1. The molecule has 0 amide bonds. The van der Waals surface area contributed by atoms with Gasteiger partial charge in [-0.1, -0.05) is 54.6 Å². The van der Waals surface area contributed by atoms with E-state index in [0.717, 1.165) is 60.6 Å². The zero-order chi connectivity index (χ0) is 23.5. The third-order valence-electron chi connectivity index (χ3n) is 6.58. The molecule has 8 nitrogen and oxygen atoms in total. The number of benzene rings is 2. The van der Waals surface area contributed by atoms with Gasteiger partial charge in [-0.05, 0) is 30.2 Å². The number of allylic oxidation sites excluding steroid dienone is 4. The fourth-order valence-corrected chi connectivity index (χ4v) is 4.68. The Morgan fingerprint density at radius 2 is 1.89 bits per heavy atom. The Bertz CT molecular complexity index is 1370. The highest BCUT2D eigenvalue weighted by Gasteiger charge is 2.20. The van der Waals surface area contributed by atoms with Gasteiger partial charge in [0.05, 0.1) is 11.2 Å². The van der Waals surface area contributed by atoms with Crippen LogP contribution in [0.2, 0.25) is 0 Å². The second-order valence-corrected chi connectivity index (χ2v) is 8.91. The fraction of sp³-hybridized carbons (Fsp3) is 0.259. The van der Waals surface area contributed by atoms with Gasteiger partial charge in [0, 0.05) is 49.6 Å². The Morgan fingerprint density at radius 1 is 1.00 bits per heavy atom. The number of H-pyrrole nitrogens is 1. The van der Waals surface area contributed by atoms with Gasteiger partial charge >= 0.3 is 0 Å². The lowest BCUT2D eigenvalue weighted by Crippen LogP contribution is -2.44. The van der Waals surface area contributed by atoms with E-state index in [4.69, 9.17) is 4.98 Å². The lowest BCUT2D eigenvalue weighted by molar-refractivity contribution is 0.584. The molecule has 1 aliphatic heterocycles. The Labute approximate surface area is 204 Å². The monoisotopic (exact) mass is 464 g/mol. The number of nitrogens with one attached hydrogen (secondary N) is 3. The average molecular weight is 465 g/mol. The molecule has 2 aliphatic rings. The van der Waals surface area contributed by atoms with Gasteiger partial charge in [0.2, 0.25) is 0 Å². The summed E-state index contributed by atoms with van der Waals surface area (Å²) >= 11 is 0. The minimum absolute atomic E-state index is 0.292. The highest BCUT2D eigenvalue weighted by molar-refractivity contribution is 5.86. The van der Waals surface area contributed by atoms with Gasteiger partial charge in [-0.15, -0.1) is 10.2 Å². The van der Waals surface area contributed by atoms with E-state index in [2.05, 4.69) is 78.4 Å². The van der Waals surface area contributed by atoms with Crippen LogP contribution in [-0.4, -0.2) is 51.6 Å². The van der Waals surface area contributed by atoms with Crippen molar-refractivity contribution in [3.63, 3.8) is 0 Å². The molecule has 1 unspecified atom stereocenters. The van der Waals surface area contributed by atoms with E-state index in [-0.39, 0.29) is 0 Å². The summed E-state index contributed by atoms with van der Waals surface area (Å²) in [5.74, 6) is 2.47. The summed E-state index contributed by atoms with van der Waals surface area (Å²) in [4.78, 5) is 7.30. The lowest BCUT2D eigenvalue weighted by atomic mass is 9.94. The van der Waals surface area contributed by atoms with Gasteiger partial charge in [0.1, 0.15) is 0 Å². The number of anilines is 2. The topological polar surface area (TPSA) is 94.6 Å².